The Morgan fingerprint density at radius 1 is 1.30 bits per heavy atom. The molecule has 0 amide bonds. The maximum absolute atomic E-state index is 5.89. The van der Waals surface area contributed by atoms with Gasteiger partial charge in [-0.15, -0.1) is 0 Å². The average molecular weight is 317 g/mol. The third-order valence-electron chi connectivity index (χ3n) is 5.52. The minimum Gasteiger partial charge on any atom is -0.469 e. The molecule has 0 bridgehead atoms. The molecule has 4 rings (SSSR count). The molecule has 1 aromatic rings. The van der Waals surface area contributed by atoms with Gasteiger partial charge in [0.1, 0.15) is 5.76 Å². The second kappa shape index (κ2) is 5.86. The lowest BCUT2D eigenvalue weighted by atomic mass is 9.57. The minimum absolute atomic E-state index is 0.175. The average Bonchev–Trinajstić information content (AvgIpc) is 3.03. The molecule has 0 spiro atoms. The molecule has 2 heterocycles. The van der Waals surface area contributed by atoms with E-state index in [0.29, 0.717) is 24.1 Å². The maximum atomic E-state index is 5.89. The number of furan rings is 1. The Kier molecular flexibility index (Phi) is 3.84. The number of hydrogen-bond acceptors (Lipinski definition) is 3. The monoisotopic (exact) mass is 317 g/mol. The van der Waals surface area contributed by atoms with Gasteiger partial charge in [0.25, 0.3) is 0 Å². The van der Waals surface area contributed by atoms with E-state index >= 15 is 0 Å². The predicted molar refractivity (Wildman–Crippen MR) is 89.4 cm³/mol. The Hall–Kier alpha value is -1.49. The van der Waals surface area contributed by atoms with Gasteiger partial charge in [-0.1, -0.05) is 13.8 Å². The Morgan fingerprint density at radius 3 is 2.91 bits per heavy atom. The highest BCUT2D eigenvalue weighted by Crippen LogP contribution is 2.52. The van der Waals surface area contributed by atoms with E-state index < -0.39 is 0 Å². The summed E-state index contributed by atoms with van der Waals surface area (Å²) in [6.07, 6.45) is 6.63. The summed E-state index contributed by atoms with van der Waals surface area (Å²) in [6, 6.07) is 4.98. The summed E-state index contributed by atoms with van der Waals surface area (Å²) < 4.78 is 11.3. The van der Waals surface area contributed by atoms with Crippen LogP contribution in [0.15, 0.2) is 27.8 Å². The zero-order chi connectivity index (χ0) is 15.9. The molecule has 3 aliphatic rings. The zero-order valence-electron chi connectivity index (χ0n) is 14.0. The van der Waals surface area contributed by atoms with Crippen LogP contribution < -0.4 is 10.6 Å². The minimum atomic E-state index is 0.175. The number of guanidine groups is 1. The van der Waals surface area contributed by atoms with Gasteiger partial charge in [0.2, 0.25) is 0 Å². The van der Waals surface area contributed by atoms with Crippen molar-refractivity contribution in [2.45, 2.75) is 57.7 Å². The van der Waals surface area contributed by atoms with E-state index in [1.807, 2.05) is 12.1 Å². The molecule has 3 fully saturated rings. The van der Waals surface area contributed by atoms with Crippen LogP contribution in [0.3, 0.4) is 0 Å². The first kappa shape index (κ1) is 15.1. The number of fused-ring (bicyclic) bond motifs is 1. The summed E-state index contributed by atoms with van der Waals surface area (Å²) in [5, 5.41) is 7.25. The van der Waals surface area contributed by atoms with Crippen molar-refractivity contribution in [2.75, 3.05) is 13.2 Å². The van der Waals surface area contributed by atoms with Crippen LogP contribution in [0.1, 0.15) is 38.9 Å². The van der Waals surface area contributed by atoms with E-state index in [2.05, 4.69) is 24.5 Å². The van der Waals surface area contributed by atoms with E-state index in [0.717, 1.165) is 37.7 Å². The molecule has 23 heavy (non-hydrogen) atoms. The molecule has 3 atom stereocenters. The summed E-state index contributed by atoms with van der Waals surface area (Å²) in [7, 11) is 0. The van der Waals surface area contributed by atoms with E-state index in [1.165, 1.54) is 12.8 Å². The highest BCUT2D eigenvalue weighted by Gasteiger charge is 2.59. The zero-order valence-corrected chi connectivity index (χ0v) is 14.0. The molecule has 2 saturated carbocycles. The molecule has 5 heteroatoms. The molecule has 126 valence electrons. The van der Waals surface area contributed by atoms with Gasteiger partial charge in [0, 0.05) is 43.0 Å². The van der Waals surface area contributed by atoms with Crippen LogP contribution >= 0.6 is 0 Å². The van der Waals surface area contributed by atoms with E-state index in [-0.39, 0.29) is 5.41 Å². The third kappa shape index (κ3) is 2.99. The van der Waals surface area contributed by atoms with Gasteiger partial charge in [-0.25, -0.2) is 0 Å². The van der Waals surface area contributed by atoms with Crippen molar-refractivity contribution in [3.63, 3.8) is 0 Å². The van der Waals surface area contributed by atoms with Crippen LogP contribution in [0.2, 0.25) is 0 Å². The van der Waals surface area contributed by atoms with Crippen molar-refractivity contribution < 1.29 is 9.15 Å². The lowest BCUT2D eigenvalue weighted by Crippen LogP contribution is -2.68. The van der Waals surface area contributed by atoms with Gasteiger partial charge < -0.3 is 19.8 Å². The molecule has 0 aromatic carbocycles. The first-order chi connectivity index (χ1) is 11.1. The van der Waals surface area contributed by atoms with Crippen LogP contribution in [0.5, 0.6) is 0 Å². The first-order valence-corrected chi connectivity index (χ1v) is 8.86. The SMILES string of the molecule is CC1(C)C(NC(=NCCc2ccco2)NC2CC2)C2CCOC21. The van der Waals surface area contributed by atoms with E-state index in [1.54, 1.807) is 6.26 Å². The molecular weight excluding hydrogens is 290 g/mol. The van der Waals surface area contributed by atoms with Gasteiger partial charge in [-0.05, 0) is 31.4 Å². The van der Waals surface area contributed by atoms with Gasteiger partial charge in [-0.3, -0.25) is 4.99 Å². The second-order valence-electron chi connectivity index (χ2n) is 7.67. The molecule has 2 N–H and O–H groups in total. The number of rotatable bonds is 5. The highest BCUT2D eigenvalue weighted by atomic mass is 16.5. The molecule has 1 aromatic heterocycles. The maximum Gasteiger partial charge on any atom is 0.191 e. The van der Waals surface area contributed by atoms with Crippen molar-refractivity contribution in [3.05, 3.63) is 24.2 Å². The van der Waals surface area contributed by atoms with Crippen molar-refractivity contribution in [1.29, 1.82) is 0 Å². The van der Waals surface area contributed by atoms with E-state index in [9.17, 15) is 0 Å². The Bertz CT molecular complexity index is 563. The van der Waals surface area contributed by atoms with E-state index in [4.69, 9.17) is 14.1 Å². The fourth-order valence-corrected chi connectivity index (χ4v) is 4.05. The Morgan fingerprint density at radius 2 is 2.17 bits per heavy atom. The van der Waals surface area contributed by atoms with Crippen LogP contribution in [0.25, 0.3) is 0 Å². The normalized spacial score (nSPS) is 32.3. The van der Waals surface area contributed by atoms with Gasteiger partial charge in [0.15, 0.2) is 5.96 Å². The predicted octanol–water partition coefficient (Wildman–Crippen LogP) is 2.33. The van der Waals surface area contributed by atoms with Gasteiger partial charge >= 0.3 is 0 Å². The smallest absolute Gasteiger partial charge is 0.191 e. The summed E-state index contributed by atoms with van der Waals surface area (Å²) >= 11 is 0. The highest BCUT2D eigenvalue weighted by molar-refractivity contribution is 5.81. The number of aliphatic imine (C=N–C) groups is 1. The van der Waals surface area contributed by atoms with Crippen molar-refractivity contribution in [2.24, 2.45) is 16.3 Å². The van der Waals surface area contributed by atoms with Gasteiger partial charge in [0.05, 0.1) is 12.4 Å². The molecule has 3 unspecified atom stereocenters. The fourth-order valence-electron chi connectivity index (χ4n) is 4.05. The molecule has 2 aliphatic carbocycles. The lowest BCUT2D eigenvalue weighted by Gasteiger charge is -2.55. The topological polar surface area (TPSA) is 58.8 Å². The van der Waals surface area contributed by atoms with Crippen molar-refractivity contribution in [3.8, 4) is 0 Å². The summed E-state index contributed by atoms with van der Waals surface area (Å²) in [5.74, 6) is 2.58. The molecule has 5 nitrogen and oxygen atoms in total. The number of nitrogens with one attached hydrogen (secondary N) is 2. The van der Waals surface area contributed by atoms with Crippen LogP contribution in [0, 0.1) is 11.3 Å². The third-order valence-corrected chi connectivity index (χ3v) is 5.52. The Labute approximate surface area is 137 Å². The van der Waals surface area contributed by atoms with Crippen molar-refractivity contribution in [1.82, 2.24) is 10.6 Å². The summed E-state index contributed by atoms with van der Waals surface area (Å²) in [6.45, 7) is 6.24. The fraction of sp³-hybridized carbons (Fsp3) is 0.722. The lowest BCUT2D eigenvalue weighted by molar-refractivity contribution is -0.106. The molecule has 0 radical (unpaired) electrons. The molecular formula is C18H27N3O2. The number of nitrogens with zero attached hydrogens (tertiary/aromatic N) is 1. The number of hydrogen-bond donors (Lipinski definition) is 2. The van der Waals surface area contributed by atoms with Crippen LogP contribution in [-0.4, -0.2) is 37.3 Å². The standard InChI is InChI=1S/C18H27N3O2/c1-18(2)15(14-8-11-23-16(14)18)21-17(20-12-5-6-12)19-9-7-13-4-3-10-22-13/h3-4,10,12,14-16H,5-9,11H2,1-2H3,(H2,19,20,21). The van der Waals surface area contributed by atoms with Crippen LogP contribution in [0.4, 0.5) is 0 Å². The summed E-state index contributed by atoms with van der Waals surface area (Å²) in [4.78, 5) is 4.77. The number of ether oxygens (including phenoxy) is 1. The second-order valence-corrected chi connectivity index (χ2v) is 7.67. The largest absolute Gasteiger partial charge is 0.469 e. The summed E-state index contributed by atoms with van der Waals surface area (Å²) in [5.41, 5.74) is 0.175. The molecule has 1 saturated heterocycles. The first-order valence-electron chi connectivity index (χ1n) is 8.86. The molecule has 1 aliphatic heterocycles. The quantitative estimate of drug-likeness (QED) is 0.646. The van der Waals surface area contributed by atoms with Crippen molar-refractivity contribution >= 4 is 5.96 Å². The van der Waals surface area contributed by atoms with Crippen LogP contribution in [-0.2, 0) is 11.2 Å². The van der Waals surface area contributed by atoms with Gasteiger partial charge in [-0.2, -0.15) is 0 Å². The Balaban J connectivity index is 1.39.